The molecule has 0 radical (unpaired) electrons. The molecule has 2 aliphatic rings. The first-order valence-corrected chi connectivity index (χ1v) is 13.6. The standard InChI is InChI=1S/C32H32N6/c1-2-21-12-15-37(16-13-21)26-18-25(19-26)32-36-29(30-31(33)34-14-17-38(30)32)24-9-8-23-10-11-27(35-28(23)20-24)22-6-4-3-5-7-22/h2-11,14,17,20,25-26H,12-13,15-16,18-19H2,1H3,(H2,33,34). The number of nitrogens with zero attached hydrogens (tertiary/aromatic N) is 5. The minimum Gasteiger partial charge on any atom is -0.382 e. The Morgan fingerprint density at radius 1 is 0.921 bits per heavy atom. The lowest BCUT2D eigenvalue weighted by molar-refractivity contribution is 0.0974. The second-order valence-electron chi connectivity index (χ2n) is 10.6. The first-order valence-electron chi connectivity index (χ1n) is 13.6. The van der Waals surface area contributed by atoms with Crippen molar-refractivity contribution in [2.24, 2.45) is 0 Å². The van der Waals surface area contributed by atoms with E-state index in [1.165, 1.54) is 25.9 Å². The second-order valence-corrected chi connectivity index (χ2v) is 10.6. The van der Waals surface area contributed by atoms with E-state index in [1.807, 2.05) is 24.4 Å². The molecule has 2 aromatic carbocycles. The van der Waals surface area contributed by atoms with Crippen molar-refractivity contribution in [1.82, 2.24) is 24.3 Å². The number of imidazole rings is 1. The van der Waals surface area contributed by atoms with Crippen molar-refractivity contribution in [2.75, 3.05) is 18.8 Å². The molecule has 6 heteroatoms. The van der Waals surface area contributed by atoms with Crippen molar-refractivity contribution in [2.45, 2.75) is 44.6 Å². The summed E-state index contributed by atoms with van der Waals surface area (Å²) in [5, 5.41) is 1.10. The molecule has 6 nitrogen and oxygen atoms in total. The normalized spacial score (nSPS) is 20.1. The van der Waals surface area contributed by atoms with E-state index in [4.69, 9.17) is 15.7 Å². The maximum atomic E-state index is 6.45. The highest BCUT2D eigenvalue weighted by Crippen LogP contribution is 2.42. The lowest BCUT2D eigenvalue weighted by atomic mass is 9.78. The summed E-state index contributed by atoms with van der Waals surface area (Å²) >= 11 is 0. The summed E-state index contributed by atoms with van der Waals surface area (Å²) in [7, 11) is 0. The minimum absolute atomic E-state index is 0.425. The zero-order valence-corrected chi connectivity index (χ0v) is 21.7. The molecule has 0 bridgehead atoms. The Labute approximate surface area is 222 Å². The lowest BCUT2D eigenvalue weighted by Crippen LogP contribution is -2.46. The Balaban J connectivity index is 1.22. The highest BCUT2D eigenvalue weighted by molar-refractivity contribution is 5.91. The second kappa shape index (κ2) is 9.37. The average Bonchev–Trinajstić information content (AvgIpc) is 3.33. The lowest BCUT2D eigenvalue weighted by Gasteiger charge is -2.44. The number of pyridine rings is 1. The fourth-order valence-corrected chi connectivity index (χ4v) is 6.17. The molecule has 4 heterocycles. The van der Waals surface area contributed by atoms with Crippen molar-refractivity contribution in [3.8, 4) is 22.5 Å². The number of benzene rings is 2. The van der Waals surface area contributed by atoms with Gasteiger partial charge in [0.2, 0.25) is 0 Å². The maximum Gasteiger partial charge on any atom is 0.150 e. The molecule has 1 aliphatic heterocycles. The summed E-state index contributed by atoms with van der Waals surface area (Å²) in [5.41, 5.74) is 13.9. The Morgan fingerprint density at radius 2 is 1.71 bits per heavy atom. The Hall–Kier alpha value is -4.03. The number of allylic oxidation sites excluding steroid dienone is 1. The molecule has 7 rings (SSSR count). The van der Waals surface area contributed by atoms with E-state index in [-0.39, 0.29) is 0 Å². The average molecular weight is 501 g/mol. The summed E-state index contributed by atoms with van der Waals surface area (Å²) in [4.78, 5) is 17.3. The smallest absolute Gasteiger partial charge is 0.150 e. The Kier molecular flexibility index (Phi) is 5.70. The third-order valence-corrected chi connectivity index (χ3v) is 8.49. The van der Waals surface area contributed by atoms with Gasteiger partial charge in [0, 0.05) is 54.0 Å². The molecular weight excluding hydrogens is 468 g/mol. The molecule has 5 aromatic rings. The molecule has 0 atom stereocenters. The molecular formula is C32H32N6. The van der Waals surface area contributed by atoms with Crippen LogP contribution in [0, 0.1) is 0 Å². The van der Waals surface area contributed by atoms with Crippen LogP contribution in [0.5, 0.6) is 0 Å². The number of anilines is 1. The molecule has 1 aliphatic carbocycles. The molecule has 1 saturated carbocycles. The predicted molar refractivity (Wildman–Crippen MR) is 154 cm³/mol. The van der Waals surface area contributed by atoms with Gasteiger partial charge in [-0.1, -0.05) is 60.2 Å². The van der Waals surface area contributed by atoms with Crippen LogP contribution in [0.4, 0.5) is 5.82 Å². The van der Waals surface area contributed by atoms with Crippen LogP contribution in [0.25, 0.3) is 38.9 Å². The van der Waals surface area contributed by atoms with Gasteiger partial charge < -0.3 is 5.73 Å². The van der Waals surface area contributed by atoms with Crippen LogP contribution >= 0.6 is 0 Å². The highest BCUT2D eigenvalue weighted by atomic mass is 15.2. The van der Waals surface area contributed by atoms with Crippen molar-refractivity contribution in [3.63, 3.8) is 0 Å². The number of aromatic nitrogens is 4. The van der Waals surface area contributed by atoms with E-state index in [9.17, 15) is 0 Å². The van der Waals surface area contributed by atoms with Crippen LogP contribution in [0.2, 0.25) is 0 Å². The monoisotopic (exact) mass is 500 g/mol. The fraction of sp³-hybridized carbons (Fsp3) is 0.281. The molecule has 0 amide bonds. The largest absolute Gasteiger partial charge is 0.382 e. The van der Waals surface area contributed by atoms with Crippen LogP contribution < -0.4 is 5.73 Å². The topological polar surface area (TPSA) is 72.3 Å². The maximum absolute atomic E-state index is 6.45. The van der Waals surface area contributed by atoms with E-state index in [0.29, 0.717) is 17.8 Å². The van der Waals surface area contributed by atoms with Gasteiger partial charge in [-0.3, -0.25) is 9.30 Å². The van der Waals surface area contributed by atoms with Gasteiger partial charge in [0.15, 0.2) is 0 Å². The first kappa shape index (κ1) is 23.1. The summed E-state index contributed by atoms with van der Waals surface area (Å²) in [5.74, 6) is 2.03. The van der Waals surface area contributed by atoms with E-state index >= 15 is 0 Å². The van der Waals surface area contributed by atoms with Gasteiger partial charge in [0.1, 0.15) is 22.9 Å². The quantitative estimate of drug-likeness (QED) is 0.286. The minimum atomic E-state index is 0.425. The highest BCUT2D eigenvalue weighted by Gasteiger charge is 2.38. The summed E-state index contributed by atoms with van der Waals surface area (Å²) < 4.78 is 2.17. The van der Waals surface area contributed by atoms with Gasteiger partial charge in [-0.25, -0.2) is 15.0 Å². The number of rotatable bonds is 4. The Morgan fingerprint density at radius 3 is 2.50 bits per heavy atom. The number of fused-ring (bicyclic) bond motifs is 2. The van der Waals surface area contributed by atoms with Crippen LogP contribution in [0.3, 0.4) is 0 Å². The molecule has 0 unspecified atom stereocenters. The molecule has 2 N–H and O–H groups in total. The van der Waals surface area contributed by atoms with Gasteiger partial charge in [0.05, 0.1) is 11.2 Å². The number of hydrogen-bond donors (Lipinski definition) is 1. The number of hydrogen-bond acceptors (Lipinski definition) is 5. The number of nitrogen functional groups attached to an aromatic ring is 1. The predicted octanol–water partition coefficient (Wildman–Crippen LogP) is 6.48. The van der Waals surface area contributed by atoms with E-state index in [0.717, 1.165) is 57.6 Å². The summed E-state index contributed by atoms with van der Waals surface area (Å²) in [6, 6.07) is 21.5. The number of piperidine rings is 1. The molecule has 190 valence electrons. The third kappa shape index (κ3) is 3.96. The zero-order valence-electron chi connectivity index (χ0n) is 21.7. The van der Waals surface area contributed by atoms with Crippen LogP contribution in [0.1, 0.15) is 44.3 Å². The third-order valence-electron chi connectivity index (χ3n) is 8.49. The van der Waals surface area contributed by atoms with Crippen LogP contribution in [0.15, 0.2) is 84.7 Å². The van der Waals surface area contributed by atoms with Crippen molar-refractivity contribution in [3.05, 3.63) is 90.5 Å². The molecule has 1 saturated heterocycles. The van der Waals surface area contributed by atoms with Gasteiger partial charge in [-0.05, 0) is 44.7 Å². The van der Waals surface area contributed by atoms with Crippen molar-refractivity contribution in [1.29, 1.82) is 0 Å². The number of nitrogens with two attached hydrogens (primary N) is 1. The Bertz CT molecular complexity index is 1650. The fourth-order valence-electron chi connectivity index (χ4n) is 6.17. The summed E-state index contributed by atoms with van der Waals surface area (Å²) in [6.45, 7) is 4.52. The first-order chi connectivity index (χ1) is 18.7. The van der Waals surface area contributed by atoms with E-state index in [1.54, 1.807) is 11.8 Å². The molecule has 3 aromatic heterocycles. The van der Waals surface area contributed by atoms with Gasteiger partial charge in [-0.15, -0.1) is 0 Å². The van der Waals surface area contributed by atoms with Crippen LogP contribution in [-0.4, -0.2) is 43.4 Å². The van der Waals surface area contributed by atoms with Crippen LogP contribution in [-0.2, 0) is 0 Å². The van der Waals surface area contributed by atoms with Crippen molar-refractivity contribution >= 4 is 22.2 Å². The summed E-state index contributed by atoms with van der Waals surface area (Å²) in [6.07, 6.45) is 10.8. The molecule has 0 spiro atoms. The van der Waals surface area contributed by atoms with Gasteiger partial charge in [0.25, 0.3) is 0 Å². The van der Waals surface area contributed by atoms with E-state index < -0.39 is 0 Å². The molecule has 2 fully saturated rings. The SMILES string of the molecule is CC=C1CCN(C2CC(c3nc(-c4ccc5ccc(-c6ccccc6)nc5c4)c4c(N)nccn34)C2)CC1. The van der Waals surface area contributed by atoms with Gasteiger partial charge in [-0.2, -0.15) is 0 Å². The van der Waals surface area contributed by atoms with Crippen molar-refractivity contribution < 1.29 is 0 Å². The van der Waals surface area contributed by atoms with Gasteiger partial charge >= 0.3 is 0 Å². The molecule has 38 heavy (non-hydrogen) atoms. The number of likely N-dealkylation sites (tertiary alicyclic amines) is 1. The zero-order chi connectivity index (χ0) is 25.6. The van der Waals surface area contributed by atoms with E-state index in [2.05, 4.69) is 69.7 Å².